The second-order valence-electron chi connectivity index (χ2n) is 7.84. The predicted molar refractivity (Wildman–Crippen MR) is 118 cm³/mol. The molecular weight excluding hydrogens is 378 g/mol. The largest absolute Gasteiger partial charge is 0.384 e. The summed E-state index contributed by atoms with van der Waals surface area (Å²) < 4.78 is 3.97. The summed E-state index contributed by atoms with van der Waals surface area (Å²) in [5.41, 5.74) is 15.9. The summed E-state index contributed by atoms with van der Waals surface area (Å²) in [6.07, 6.45) is 1.01. The van der Waals surface area contributed by atoms with Crippen molar-refractivity contribution in [1.82, 2.24) is 24.5 Å². The van der Waals surface area contributed by atoms with Crippen LogP contribution < -0.4 is 11.5 Å². The molecule has 0 spiro atoms. The maximum Gasteiger partial charge on any atom is 0.131 e. The first-order chi connectivity index (χ1) is 14.3. The van der Waals surface area contributed by atoms with Crippen LogP contribution in [0.1, 0.15) is 37.2 Å². The Hall–Kier alpha value is -3.75. The molecule has 6 N–H and O–H groups in total. The molecule has 2 aromatic carbocycles. The minimum atomic E-state index is 0.00517. The molecule has 0 aliphatic heterocycles. The number of amidine groups is 2. The number of benzene rings is 2. The lowest BCUT2D eigenvalue weighted by Crippen LogP contribution is -2.13. The van der Waals surface area contributed by atoms with Crippen LogP contribution in [0, 0.1) is 16.7 Å². The van der Waals surface area contributed by atoms with Gasteiger partial charge in [0.25, 0.3) is 0 Å². The van der Waals surface area contributed by atoms with E-state index >= 15 is 0 Å². The molecule has 0 saturated carbocycles. The quantitative estimate of drug-likeness (QED) is 0.276. The van der Waals surface area contributed by atoms with Gasteiger partial charge in [-0.2, -0.15) is 0 Å². The van der Waals surface area contributed by atoms with E-state index in [2.05, 4.69) is 28.7 Å². The number of aryl methyl sites for hydroxylation is 1. The highest BCUT2D eigenvalue weighted by Crippen LogP contribution is 2.22. The molecule has 0 atom stereocenters. The fourth-order valence-corrected chi connectivity index (χ4v) is 3.49. The Balaban J connectivity index is 1.80. The second-order valence-corrected chi connectivity index (χ2v) is 7.84. The van der Waals surface area contributed by atoms with Crippen molar-refractivity contribution in [2.75, 3.05) is 0 Å². The van der Waals surface area contributed by atoms with Crippen LogP contribution in [-0.2, 0) is 13.1 Å². The Bertz CT molecular complexity index is 1260. The Morgan fingerprint density at radius 2 is 1.67 bits per heavy atom. The molecule has 0 aliphatic rings. The van der Waals surface area contributed by atoms with Crippen LogP contribution in [0.2, 0.25) is 0 Å². The van der Waals surface area contributed by atoms with Crippen LogP contribution in [0.15, 0.2) is 36.4 Å². The Kier molecular flexibility index (Phi) is 4.94. The lowest BCUT2D eigenvalue weighted by molar-refractivity contribution is 0.503. The van der Waals surface area contributed by atoms with Gasteiger partial charge in [0.05, 0.1) is 16.6 Å². The Morgan fingerprint density at radius 1 is 0.967 bits per heavy atom. The van der Waals surface area contributed by atoms with E-state index in [0.29, 0.717) is 23.6 Å². The molecule has 0 aliphatic carbocycles. The Labute approximate surface area is 173 Å². The van der Waals surface area contributed by atoms with Crippen LogP contribution >= 0.6 is 0 Å². The molecule has 9 heteroatoms. The lowest BCUT2D eigenvalue weighted by atomic mass is 10.1. The van der Waals surface area contributed by atoms with Crippen LogP contribution in [-0.4, -0.2) is 36.2 Å². The molecule has 0 unspecified atom stereocenters. The van der Waals surface area contributed by atoms with Gasteiger partial charge in [0.15, 0.2) is 0 Å². The van der Waals surface area contributed by atoms with Crippen LogP contribution in [0.5, 0.6) is 0 Å². The number of nitrogens with two attached hydrogens (primary N) is 2. The zero-order valence-corrected chi connectivity index (χ0v) is 17.1. The summed E-state index contributed by atoms with van der Waals surface area (Å²) in [7, 11) is 0. The summed E-state index contributed by atoms with van der Waals surface area (Å²) in [6, 6.07) is 11.1. The van der Waals surface area contributed by atoms with E-state index in [-0.39, 0.29) is 11.7 Å². The molecule has 9 nitrogen and oxygen atoms in total. The van der Waals surface area contributed by atoms with Crippen LogP contribution in [0.25, 0.3) is 22.1 Å². The van der Waals surface area contributed by atoms with Crippen molar-refractivity contribution in [1.29, 1.82) is 10.8 Å². The number of aromatic nitrogens is 5. The molecule has 2 heterocycles. The number of rotatable bonds is 7. The molecule has 4 aromatic rings. The van der Waals surface area contributed by atoms with Crippen molar-refractivity contribution >= 4 is 33.7 Å². The van der Waals surface area contributed by atoms with E-state index in [1.807, 2.05) is 30.3 Å². The fraction of sp³-hybridized carbons (Fsp3) is 0.286. The molecule has 154 valence electrons. The highest BCUT2D eigenvalue weighted by molar-refractivity contribution is 5.98. The smallest absolute Gasteiger partial charge is 0.131 e. The fourth-order valence-electron chi connectivity index (χ4n) is 3.49. The van der Waals surface area contributed by atoms with Crippen molar-refractivity contribution in [2.24, 2.45) is 17.4 Å². The molecule has 0 amide bonds. The Morgan fingerprint density at radius 3 is 2.37 bits per heavy atom. The summed E-state index contributed by atoms with van der Waals surface area (Å²) >= 11 is 0. The van der Waals surface area contributed by atoms with E-state index in [1.165, 1.54) is 0 Å². The van der Waals surface area contributed by atoms with Crippen LogP contribution in [0.4, 0.5) is 0 Å². The maximum absolute atomic E-state index is 7.71. The van der Waals surface area contributed by atoms with Gasteiger partial charge in [-0.3, -0.25) is 10.8 Å². The summed E-state index contributed by atoms with van der Waals surface area (Å²) in [5, 5.41) is 23.9. The highest BCUT2D eigenvalue weighted by atomic mass is 15.4. The van der Waals surface area contributed by atoms with Crippen molar-refractivity contribution < 1.29 is 0 Å². The first kappa shape index (κ1) is 19.6. The predicted octanol–water partition coefficient (Wildman–Crippen LogP) is 2.44. The average molecular weight is 403 g/mol. The zero-order chi connectivity index (χ0) is 21.4. The van der Waals surface area contributed by atoms with Gasteiger partial charge in [0.2, 0.25) is 0 Å². The maximum atomic E-state index is 7.71. The first-order valence-electron chi connectivity index (χ1n) is 9.84. The minimum absolute atomic E-state index is 0.00517. The molecular formula is C21H25N9. The normalized spacial score (nSPS) is 11.6. The lowest BCUT2D eigenvalue weighted by Gasteiger charge is -2.11. The van der Waals surface area contributed by atoms with Gasteiger partial charge >= 0.3 is 0 Å². The molecule has 2 aromatic heterocycles. The third-order valence-corrected chi connectivity index (χ3v) is 5.18. The number of hydrogen-bond donors (Lipinski definition) is 4. The topological polar surface area (TPSA) is 148 Å². The molecule has 30 heavy (non-hydrogen) atoms. The van der Waals surface area contributed by atoms with Gasteiger partial charge in [-0.1, -0.05) is 19.1 Å². The van der Waals surface area contributed by atoms with Gasteiger partial charge in [-0.25, -0.2) is 9.67 Å². The molecule has 0 bridgehead atoms. The van der Waals surface area contributed by atoms with Crippen molar-refractivity contribution in [3.05, 3.63) is 53.3 Å². The zero-order valence-electron chi connectivity index (χ0n) is 17.1. The standard InChI is InChI=1S/C21H25N9/c1-12(2)7-8-29-17-6-4-13(20(22)23)9-16(17)26-19(29)11-30-18-10-14(21(24)25)3-5-15(18)27-28-30/h3-6,9-10,12H,7-8,11H2,1-2H3,(H3,22,23)(H3,24,25). The molecule has 0 saturated heterocycles. The van der Waals surface area contributed by atoms with E-state index < -0.39 is 0 Å². The third-order valence-electron chi connectivity index (χ3n) is 5.18. The summed E-state index contributed by atoms with van der Waals surface area (Å²) in [4.78, 5) is 4.83. The van der Waals surface area contributed by atoms with E-state index in [1.54, 1.807) is 10.7 Å². The first-order valence-corrected chi connectivity index (χ1v) is 9.84. The number of hydrogen-bond acceptors (Lipinski definition) is 5. The van der Waals surface area contributed by atoms with Crippen molar-refractivity contribution in [2.45, 2.75) is 33.4 Å². The monoisotopic (exact) mass is 403 g/mol. The number of fused-ring (bicyclic) bond motifs is 2. The van der Waals surface area contributed by atoms with Gasteiger partial charge in [0, 0.05) is 17.7 Å². The summed E-state index contributed by atoms with van der Waals surface area (Å²) in [6.45, 7) is 5.65. The van der Waals surface area contributed by atoms with E-state index in [0.717, 1.165) is 40.9 Å². The molecule has 0 fully saturated rings. The SMILES string of the molecule is CC(C)CCn1c(Cn2nnc3ccc(C(=N)N)cc32)nc2cc(C(=N)N)ccc21. The number of nitrogens with one attached hydrogen (secondary N) is 2. The summed E-state index contributed by atoms with van der Waals surface area (Å²) in [5.74, 6) is 1.43. The van der Waals surface area contributed by atoms with Crippen molar-refractivity contribution in [3.63, 3.8) is 0 Å². The van der Waals surface area contributed by atoms with Gasteiger partial charge in [-0.15, -0.1) is 5.10 Å². The molecule has 4 rings (SSSR count). The number of nitrogens with zero attached hydrogens (tertiary/aromatic N) is 5. The van der Waals surface area contributed by atoms with Crippen LogP contribution in [0.3, 0.4) is 0 Å². The van der Waals surface area contributed by atoms with E-state index in [4.69, 9.17) is 27.3 Å². The number of imidazole rings is 1. The molecule has 0 radical (unpaired) electrons. The van der Waals surface area contributed by atoms with Gasteiger partial charge in [0.1, 0.15) is 29.6 Å². The highest BCUT2D eigenvalue weighted by Gasteiger charge is 2.15. The van der Waals surface area contributed by atoms with E-state index in [9.17, 15) is 0 Å². The minimum Gasteiger partial charge on any atom is -0.384 e. The number of nitrogen functional groups attached to an aromatic ring is 2. The third kappa shape index (κ3) is 3.61. The average Bonchev–Trinajstić information content (AvgIpc) is 3.26. The second kappa shape index (κ2) is 7.58. The van der Waals surface area contributed by atoms with Crippen molar-refractivity contribution in [3.8, 4) is 0 Å². The van der Waals surface area contributed by atoms with Gasteiger partial charge in [-0.05, 0) is 48.7 Å². The van der Waals surface area contributed by atoms with Gasteiger partial charge < -0.3 is 16.0 Å².